The number of benzene rings is 2. The number of hydrogen-bond donors (Lipinski definition) is 5. The number of likely N-dealkylation sites (tertiary alicyclic amines) is 1. The van der Waals surface area contributed by atoms with Gasteiger partial charge in [0.2, 0.25) is 11.8 Å². The van der Waals surface area contributed by atoms with Crippen LogP contribution in [0.2, 0.25) is 0 Å². The highest BCUT2D eigenvalue weighted by Gasteiger charge is 2.29. The summed E-state index contributed by atoms with van der Waals surface area (Å²) in [5.74, 6) is 3.96. The van der Waals surface area contributed by atoms with Gasteiger partial charge in [-0.2, -0.15) is 0 Å². The van der Waals surface area contributed by atoms with Gasteiger partial charge in [0.15, 0.2) is 67.3 Å². The predicted octanol–water partition coefficient (Wildman–Crippen LogP) is 5.41. The number of piperidine rings is 2. The van der Waals surface area contributed by atoms with E-state index >= 15 is 0 Å². The lowest BCUT2D eigenvalue weighted by Crippen LogP contribution is -2.48. The van der Waals surface area contributed by atoms with E-state index < -0.39 is 11.9 Å². The quantitative estimate of drug-likeness (QED) is 0.0967. The van der Waals surface area contributed by atoms with Crippen molar-refractivity contribution in [1.82, 2.24) is 49.3 Å². The van der Waals surface area contributed by atoms with Crippen LogP contribution in [-0.2, 0) is 22.7 Å². The van der Waals surface area contributed by atoms with Gasteiger partial charge in [0, 0.05) is 44.9 Å². The number of amides is 2. The zero-order valence-electron chi connectivity index (χ0n) is 37.1. The number of nitrogens with one attached hydrogen (secondary N) is 1. The summed E-state index contributed by atoms with van der Waals surface area (Å²) in [6, 6.07) is 6.91. The molecule has 360 valence electrons. The number of carbonyl (C=O) groups excluding carboxylic acids is 2. The minimum absolute atomic E-state index is 0.141. The van der Waals surface area contributed by atoms with Crippen LogP contribution in [0.3, 0.4) is 0 Å². The van der Waals surface area contributed by atoms with Crippen molar-refractivity contribution in [3.63, 3.8) is 0 Å². The summed E-state index contributed by atoms with van der Waals surface area (Å²) in [7, 11) is 0. The summed E-state index contributed by atoms with van der Waals surface area (Å²) in [5.41, 5.74) is 26.0. The Bertz CT molecular complexity index is 2800. The molecule has 0 unspecified atom stereocenters. The van der Waals surface area contributed by atoms with Gasteiger partial charge in [-0.05, 0) is 120 Å². The van der Waals surface area contributed by atoms with Gasteiger partial charge >= 0.3 is 0 Å². The molecule has 2 amide bonds. The minimum Gasteiger partial charge on any atom is -0.486 e. The van der Waals surface area contributed by atoms with Gasteiger partial charge in [-0.25, -0.2) is 29.9 Å². The second-order valence-electron chi connectivity index (χ2n) is 16.8. The van der Waals surface area contributed by atoms with Crippen molar-refractivity contribution in [1.29, 1.82) is 0 Å². The first kappa shape index (κ1) is 47.9. The molecule has 2 fully saturated rings. The second kappa shape index (κ2) is 21.7. The molecule has 0 spiro atoms. The van der Waals surface area contributed by atoms with Gasteiger partial charge in [0.25, 0.3) is 0 Å². The third-order valence-corrected chi connectivity index (χ3v) is 16.2. The summed E-state index contributed by atoms with van der Waals surface area (Å²) in [5, 5.41) is 5.03. The lowest BCUT2D eigenvalue weighted by molar-refractivity contribution is -0.136. The van der Waals surface area contributed by atoms with E-state index in [4.69, 9.17) is 51.9 Å². The average Bonchev–Trinajstić information content (AvgIpc) is 3.89. The first-order valence-electron chi connectivity index (χ1n) is 22.5. The summed E-state index contributed by atoms with van der Waals surface area (Å²) >= 11 is 10.4. The van der Waals surface area contributed by atoms with E-state index in [0.717, 1.165) is 91.5 Å². The molecule has 24 heteroatoms. The molecular weight excluding hydrogens is 1040 g/mol. The number of rotatable bonds is 13. The first-order valence-corrected chi connectivity index (χ1v) is 25.7. The third kappa shape index (κ3) is 11.0. The van der Waals surface area contributed by atoms with E-state index in [1.54, 1.807) is 16.7 Å². The maximum absolute atomic E-state index is 12.5. The van der Waals surface area contributed by atoms with Crippen molar-refractivity contribution in [2.45, 2.75) is 84.2 Å². The van der Waals surface area contributed by atoms with E-state index in [-0.39, 0.29) is 12.3 Å². The molecule has 0 aliphatic carbocycles. The van der Waals surface area contributed by atoms with Gasteiger partial charge in [-0.1, -0.05) is 23.5 Å². The lowest BCUT2D eigenvalue weighted by Gasteiger charge is -2.33. The van der Waals surface area contributed by atoms with Gasteiger partial charge in [-0.15, -0.1) is 0 Å². The van der Waals surface area contributed by atoms with Crippen molar-refractivity contribution in [3.05, 3.63) is 45.9 Å². The van der Waals surface area contributed by atoms with E-state index in [1.165, 1.54) is 37.3 Å². The smallest absolute Gasteiger partial charge is 0.240 e. The van der Waals surface area contributed by atoms with Crippen LogP contribution >= 0.6 is 55.4 Å². The normalized spacial score (nSPS) is 16.7. The number of nitrogens with two attached hydrogens (primary N) is 4. The largest absolute Gasteiger partial charge is 0.486 e. The molecular formula is C44H52Br2N14O6S2. The Morgan fingerprint density at radius 2 is 1.13 bits per heavy atom. The van der Waals surface area contributed by atoms with Gasteiger partial charge in [0.05, 0.1) is 12.5 Å². The van der Waals surface area contributed by atoms with Gasteiger partial charge < -0.3 is 61.2 Å². The van der Waals surface area contributed by atoms with Crippen LogP contribution in [0, 0.1) is 11.8 Å². The second-order valence-corrected chi connectivity index (χ2v) is 20.6. The van der Waals surface area contributed by atoms with E-state index in [0.29, 0.717) is 97.7 Å². The van der Waals surface area contributed by atoms with Crippen LogP contribution in [0.5, 0.6) is 23.0 Å². The molecule has 4 aliphatic heterocycles. The Hall–Kier alpha value is -5.14. The van der Waals surface area contributed by atoms with Crippen molar-refractivity contribution in [3.8, 4) is 23.0 Å². The molecule has 10 rings (SSSR count). The van der Waals surface area contributed by atoms with Crippen LogP contribution in [0.25, 0.3) is 22.3 Å². The fourth-order valence-electron chi connectivity index (χ4n) is 8.65. The number of carbonyl (C=O) groups is 2. The van der Waals surface area contributed by atoms with Crippen LogP contribution in [0.15, 0.2) is 66.0 Å². The number of anilines is 2. The Morgan fingerprint density at radius 3 is 1.59 bits per heavy atom. The number of hydrogen-bond acceptors (Lipinski definition) is 18. The Morgan fingerprint density at radius 1 is 0.691 bits per heavy atom. The van der Waals surface area contributed by atoms with Crippen molar-refractivity contribution < 1.29 is 28.5 Å². The molecule has 8 heterocycles. The predicted molar refractivity (Wildman–Crippen MR) is 264 cm³/mol. The van der Waals surface area contributed by atoms with Crippen LogP contribution in [0.4, 0.5) is 11.6 Å². The van der Waals surface area contributed by atoms with Crippen molar-refractivity contribution >= 4 is 101 Å². The highest BCUT2D eigenvalue weighted by Crippen LogP contribution is 2.44. The fourth-order valence-corrected chi connectivity index (χ4v) is 11.7. The molecule has 68 heavy (non-hydrogen) atoms. The highest BCUT2D eigenvalue weighted by molar-refractivity contribution is 9.10. The molecule has 9 N–H and O–H groups in total. The Kier molecular flexibility index (Phi) is 15.3. The summed E-state index contributed by atoms with van der Waals surface area (Å²) in [6.07, 6.45) is 8.88. The molecule has 4 aromatic heterocycles. The summed E-state index contributed by atoms with van der Waals surface area (Å²) < 4.78 is 28.9. The number of nitrogen functional groups attached to an aromatic ring is 2. The molecule has 4 aliphatic rings. The Labute approximate surface area is 417 Å². The van der Waals surface area contributed by atoms with E-state index in [1.807, 2.05) is 24.3 Å². The minimum atomic E-state index is -0.883. The number of fused-ring (bicyclic) bond motifs is 4. The van der Waals surface area contributed by atoms with Crippen molar-refractivity contribution in [2.75, 3.05) is 64.1 Å². The van der Waals surface area contributed by atoms with Crippen molar-refractivity contribution in [2.24, 2.45) is 23.3 Å². The molecule has 1 atom stereocenters. The number of imidazole rings is 2. The molecule has 6 aromatic rings. The molecule has 20 nitrogen and oxygen atoms in total. The number of halogens is 2. The maximum Gasteiger partial charge on any atom is 0.240 e. The number of ether oxygens (including phenoxy) is 4. The molecule has 0 radical (unpaired) electrons. The number of nitrogens with zero attached hydrogens (tertiary/aromatic N) is 9. The van der Waals surface area contributed by atoms with Crippen LogP contribution in [-0.4, -0.2) is 114 Å². The fraction of sp³-hybridized carbons (Fsp3) is 0.455. The standard InChI is InChI=1S/C24H29BrN8O4S.C20H23BrN6O2S/c25-14-9-16-17(37-8-7-36-16)11-18(14)38-24-31-20-21(28)29-12-30-22(20)33(24)6-3-13-1-4-32(5-2-13)23(35)15(26)10-19(27)34;21-13-9-14-15(29-8-7-28-14)10-16(13)30-20-26-17-18(22)24-11-25-19(17)27(20)6-3-12-1-4-23-5-2-12/h9,11-13,15H,1-8,10,26H2,(H2,27,34)(H2,28,29,30);9-12,23H,1-8H2,(H2,22,24,25)/t15-;/m0./s1. The molecule has 2 saturated heterocycles. The molecule has 0 saturated carbocycles. The van der Waals surface area contributed by atoms with Crippen LogP contribution < -0.4 is 47.2 Å². The van der Waals surface area contributed by atoms with Crippen LogP contribution in [0.1, 0.15) is 44.9 Å². The van der Waals surface area contributed by atoms with Gasteiger partial charge in [-0.3, -0.25) is 9.59 Å². The molecule has 2 aromatic carbocycles. The topological polar surface area (TPSA) is 278 Å². The number of aryl methyl sites for hydroxylation is 2. The first-order chi connectivity index (χ1) is 33.0. The maximum atomic E-state index is 12.5. The summed E-state index contributed by atoms with van der Waals surface area (Å²) in [4.78, 5) is 54.1. The molecule has 0 bridgehead atoms. The lowest BCUT2D eigenvalue weighted by atomic mass is 9.93. The SMILES string of the molecule is NC(=O)C[C@H](N)C(=O)N1CCC(CCn2c(Sc3cc4c(cc3Br)OCCO4)nc3c(N)ncnc32)CC1.Nc1ncnc2c1nc(Sc1cc3c(cc1Br)OCCO3)n2CCC1CCNCC1. The number of primary amides is 1. The van der Waals surface area contributed by atoms with E-state index in [2.05, 4.69) is 66.2 Å². The monoisotopic (exact) mass is 1090 g/mol. The highest BCUT2D eigenvalue weighted by atomic mass is 79.9. The Balaban J connectivity index is 0.000000174. The zero-order chi connectivity index (χ0) is 47.3. The van der Waals surface area contributed by atoms with E-state index in [9.17, 15) is 9.59 Å². The third-order valence-electron chi connectivity index (χ3n) is 12.3. The van der Waals surface area contributed by atoms with Gasteiger partial charge in [0.1, 0.15) is 39.1 Å². The zero-order valence-corrected chi connectivity index (χ0v) is 41.9. The summed E-state index contributed by atoms with van der Waals surface area (Å²) in [6.45, 7) is 7.06. The average molecular weight is 1100 g/mol. The number of aromatic nitrogens is 8.